The lowest BCUT2D eigenvalue weighted by Crippen LogP contribution is -2.42. The molecular formula is C15H24N2O. The number of nitrogens with one attached hydrogen (secondary N) is 1. The van der Waals surface area contributed by atoms with Gasteiger partial charge in [-0.15, -0.1) is 0 Å². The zero-order valence-corrected chi connectivity index (χ0v) is 11.5. The highest BCUT2D eigenvalue weighted by atomic mass is 16.1. The molecule has 0 saturated heterocycles. The van der Waals surface area contributed by atoms with Crippen molar-refractivity contribution in [2.45, 2.75) is 39.2 Å². The molecule has 3 nitrogen and oxygen atoms in total. The lowest BCUT2D eigenvalue weighted by molar-refractivity contribution is -0.122. The molecule has 18 heavy (non-hydrogen) atoms. The fourth-order valence-corrected chi connectivity index (χ4v) is 2.00. The number of rotatable bonds is 6. The molecule has 0 heterocycles. The number of benzene rings is 1. The summed E-state index contributed by atoms with van der Waals surface area (Å²) < 4.78 is 0. The second-order valence-corrected chi connectivity index (χ2v) is 5.20. The van der Waals surface area contributed by atoms with E-state index < -0.39 is 0 Å². The third-order valence-corrected chi connectivity index (χ3v) is 3.08. The minimum absolute atomic E-state index is 0.0531. The largest absolute Gasteiger partial charge is 0.352 e. The molecule has 1 amide bonds. The van der Waals surface area contributed by atoms with Gasteiger partial charge in [0.15, 0.2) is 0 Å². The van der Waals surface area contributed by atoms with Crippen LogP contribution in [0.4, 0.5) is 0 Å². The lowest BCUT2D eigenvalue weighted by atomic mass is 9.98. The predicted molar refractivity (Wildman–Crippen MR) is 75.3 cm³/mol. The highest BCUT2D eigenvalue weighted by molar-refractivity contribution is 5.83. The standard InChI is InChI=1S/C15H24N2O/c1-11(2)9-14(10-16)17-15(18)12(3)13-7-5-4-6-8-13/h4-8,11-12,14H,9-10,16H2,1-3H3,(H,17,18). The molecule has 3 heteroatoms. The summed E-state index contributed by atoms with van der Waals surface area (Å²) in [5, 5.41) is 3.03. The number of nitrogens with two attached hydrogens (primary N) is 1. The number of amides is 1. The van der Waals surface area contributed by atoms with Gasteiger partial charge in [-0.1, -0.05) is 44.2 Å². The fraction of sp³-hybridized carbons (Fsp3) is 0.533. The van der Waals surface area contributed by atoms with Crippen LogP contribution in [0.15, 0.2) is 30.3 Å². The first-order valence-electron chi connectivity index (χ1n) is 6.60. The fourth-order valence-electron chi connectivity index (χ4n) is 2.00. The average Bonchev–Trinajstić information content (AvgIpc) is 2.37. The van der Waals surface area contributed by atoms with Gasteiger partial charge in [0, 0.05) is 12.6 Å². The summed E-state index contributed by atoms with van der Waals surface area (Å²) in [6, 6.07) is 9.88. The topological polar surface area (TPSA) is 55.1 Å². The summed E-state index contributed by atoms with van der Waals surface area (Å²) >= 11 is 0. The molecule has 0 aromatic heterocycles. The molecule has 2 atom stereocenters. The van der Waals surface area contributed by atoms with E-state index in [-0.39, 0.29) is 17.9 Å². The van der Waals surface area contributed by atoms with Crippen LogP contribution in [-0.4, -0.2) is 18.5 Å². The molecule has 3 N–H and O–H groups in total. The molecule has 0 aliphatic carbocycles. The second kappa shape index (κ2) is 7.17. The highest BCUT2D eigenvalue weighted by Crippen LogP contribution is 2.15. The highest BCUT2D eigenvalue weighted by Gasteiger charge is 2.18. The maximum Gasteiger partial charge on any atom is 0.227 e. The Kier molecular flexibility index (Phi) is 5.86. The van der Waals surface area contributed by atoms with Crippen molar-refractivity contribution in [1.82, 2.24) is 5.32 Å². The first-order valence-corrected chi connectivity index (χ1v) is 6.60. The van der Waals surface area contributed by atoms with Crippen LogP contribution in [-0.2, 0) is 4.79 Å². The van der Waals surface area contributed by atoms with E-state index in [0.717, 1.165) is 12.0 Å². The zero-order chi connectivity index (χ0) is 13.5. The Morgan fingerprint density at radius 1 is 1.22 bits per heavy atom. The summed E-state index contributed by atoms with van der Waals surface area (Å²) in [5.74, 6) is 0.454. The zero-order valence-electron chi connectivity index (χ0n) is 11.5. The number of hydrogen-bond acceptors (Lipinski definition) is 2. The third-order valence-electron chi connectivity index (χ3n) is 3.08. The van der Waals surface area contributed by atoms with E-state index >= 15 is 0 Å². The van der Waals surface area contributed by atoms with Gasteiger partial charge in [0.25, 0.3) is 0 Å². The summed E-state index contributed by atoms with van der Waals surface area (Å²) in [7, 11) is 0. The van der Waals surface area contributed by atoms with E-state index in [1.807, 2.05) is 37.3 Å². The molecule has 0 fully saturated rings. The van der Waals surface area contributed by atoms with Gasteiger partial charge in [-0.25, -0.2) is 0 Å². The number of carbonyl (C=O) groups is 1. The monoisotopic (exact) mass is 248 g/mol. The predicted octanol–water partition coefficient (Wildman–Crippen LogP) is 2.28. The molecule has 0 saturated carbocycles. The molecule has 0 aliphatic heterocycles. The van der Waals surface area contributed by atoms with Crippen molar-refractivity contribution in [2.75, 3.05) is 6.54 Å². The quantitative estimate of drug-likeness (QED) is 0.811. The van der Waals surface area contributed by atoms with Crippen molar-refractivity contribution >= 4 is 5.91 Å². The van der Waals surface area contributed by atoms with Crippen molar-refractivity contribution < 1.29 is 4.79 Å². The van der Waals surface area contributed by atoms with Gasteiger partial charge in [0.2, 0.25) is 5.91 Å². The Balaban J connectivity index is 2.59. The van der Waals surface area contributed by atoms with E-state index in [0.29, 0.717) is 12.5 Å². The second-order valence-electron chi connectivity index (χ2n) is 5.20. The average molecular weight is 248 g/mol. The van der Waals surface area contributed by atoms with Gasteiger partial charge in [-0.05, 0) is 24.8 Å². The normalized spacial score (nSPS) is 14.3. The number of carbonyl (C=O) groups excluding carboxylic acids is 1. The van der Waals surface area contributed by atoms with Gasteiger partial charge in [-0.3, -0.25) is 4.79 Å². The Morgan fingerprint density at radius 2 is 1.83 bits per heavy atom. The molecule has 0 aliphatic rings. The number of hydrogen-bond donors (Lipinski definition) is 2. The summed E-state index contributed by atoms with van der Waals surface area (Å²) in [4.78, 5) is 12.1. The van der Waals surface area contributed by atoms with Crippen molar-refractivity contribution in [3.05, 3.63) is 35.9 Å². The molecule has 2 unspecified atom stereocenters. The van der Waals surface area contributed by atoms with Crippen LogP contribution < -0.4 is 11.1 Å². The molecule has 100 valence electrons. The molecule has 1 rings (SSSR count). The van der Waals surface area contributed by atoms with Crippen LogP contribution in [0.1, 0.15) is 38.7 Å². The summed E-state index contributed by atoms with van der Waals surface area (Å²) in [6.45, 7) is 6.68. The first kappa shape index (κ1) is 14.7. The van der Waals surface area contributed by atoms with Crippen LogP contribution in [0, 0.1) is 5.92 Å². The van der Waals surface area contributed by atoms with Crippen molar-refractivity contribution in [3.63, 3.8) is 0 Å². The van der Waals surface area contributed by atoms with Crippen LogP contribution in [0.25, 0.3) is 0 Å². The molecule has 0 bridgehead atoms. The van der Waals surface area contributed by atoms with E-state index in [1.165, 1.54) is 0 Å². The Morgan fingerprint density at radius 3 is 2.33 bits per heavy atom. The minimum Gasteiger partial charge on any atom is -0.352 e. The molecule has 0 spiro atoms. The molecular weight excluding hydrogens is 224 g/mol. The van der Waals surface area contributed by atoms with E-state index in [1.54, 1.807) is 0 Å². The smallest absolute Gasteiger partial charge is 0.227 e. The van der Waals surface area contributed by atoms with Gasteiger partial charge in [-0.2, -0.15) is 0 Å². The third kappa shape index (κ3) is 4.49. The van der Waals surface area contributed by atoms with Crippen molar-refractivity contribution in [1.29, 1.82) is 0 Å². The molecule has 0 radical (unpaired) electrons. The van der Waals surface area contributed by atoms with Crippen LogP contribution in [0.2, 0.25) is 0 Å². The van der Waals surface area contributed by atoms with Crippen LogP contribution in [0.3, 0.4) is 0 Å². The maximum absolute atomic E-state index is 12.1. The molecule has 1 aromatic rings. The van der Waals surface area contributed by atoms with Gasteiger partial charge in [0.1, 0.15) is 0 Å². The first-order chi connectivity index (χ1) is 8.54. The maximum atomic E-state index is 12.1. The Bertz CT molecular complexity index is 362. The Hall–Kier alpha value is -1.35. The van der Waals surface area contributed by atoms with E-state index in [2.05, 4.69) is 19.2 Å². The summed E-state index contributed by atoms with van der Waals surface area (Å²) in [5.41, 5.74) is 6.73. The molecule has 1 aromatic carbocycles. The van der Waals surface area contributed by atoms with Crippen LogP contribution >= 0.6 is 0 Å². The summed E-state index contributed by atoms with van der Waals surface area (Å²) in [6.07, 6.45) is 0.920. The minimum atomic E-state index is -0.132. The van der Waals surface area contributed by atoms with Gasteiger partial charge in [0.05, 0.1) is 5.92 Å². The van der Waals surface area contributed by atoms with Gasteiger partial charge >= 0.3 is 0 Å². The van der Waals surface area contributed by atoms with Crippen molar-refractivity contribution in [3.8, 4) is 0 Å². The van der Waals surface area contributed by atoms with Crippen LogP contribution in [0.5, 0.6) is 0 Å². The van der Waals surface area contributed by atoms with Crippen molar-refractivity contribution in [2.24, 2.45) is 11.7 Å². The van der Waals surface area contributed by atoms with E-state index in [9.17, 15) is 4.79 Å². The SMILES string of the molecule is CC(C)CC(CN)NC(=O)C(C)c1ccccc1. The van der Waals surface area contributed by atoms with Gasteiger partial charge < -0.3 is 11.1 Å². The Labute approximate surface area is 110 Å². The van der Waals surface area contributed by atoms with E-state index in [4.69, 9.17) is 5.73 Å². The lowest BCUT2D eigenvalue weighted by Gasteiger charge is -2.21.